The Morgan fingerprint density at radius 2 is 1.55 bits per heavy atom. The number of hydrogen-bond acceptors (Lipinski definition) is 4. The standard InChI is InChI=1S/C22H24N2O5/c1-22(2,20(26)27)24(3)19(25)12-23-21(28)29-13-18-16-10-6-4-8-14(16)15-9-5-7-11-17(15)18/h4-11,18H,12-13H2,1-3H3,(H,23,28)(H,26,27). The highest BCUT2D eigenvalue weighted by atomic mass is 16.5. The molecule has 7 heteroatoms. The van der Waals surface area contributed by atoms with Gasteiger partial charge in [-0.05, 0) is 36.1 Å². The summed E-state index contributed by atoms with van der Waals surface area (Å²) in [6.07, 6.45) is -0.721. The lowest BCUT2D eigenvalue weighted by Crippen LogP contribution is -2.53. The van der Waals surface area contributed by atoms with Gasteiger partial charge in [0, 0.05) is 13.0 Å². The van der Waals surface area contributed by atoms with Crippen molar-refractivity contribution in [3.8, 4) is 11.1 Å². The number of aliphatic carboxylic acids is 1. The van der Waals surface area contributed by atoms with E-state index in [1.807, 2.05) is 48.5 Å². The number of carboxylic acids is 1. The van der Waals surface area contributed by atoms with E-state index in [1.165, 1.54) is 20.9 Å². The summed E-state index contributed by atoms with van der Waals surface area (Å²) in [7, 11) is 1.38. The van der Waals surface area contributed by atoms with Gasteiger partial charge in [0.15, 0.2) is 0 Å². The minimum absolute atomic E-state index is 0.0718. The van der Waals surface area contributed by atoms with Gasteiger partial charge in [-0.1, -0.05) is 48.5 Å². The fraction of sp³-hybridized carbons (Fsp3) is 0.318. The van der Waals surface area contributed by atoms with E-state index in [0.717, 1.165) is 27.2 Å². The topological polar surface area (TPSA) is 95.9 Å². The van der Waals surface area contributed by atoms with Crippen molar-refractivity contribution >= 4 is 18.0 Å². The molecule has 0 aliphatic heterocycles. The maximum Gasteiger partial charge on any atom is 0.407 e. The van der Waals surface area contributed by atoms with Crippen molar-refractivity contribution in [1.82, 2.24) is 10.2 Å². The van der Waals surface area contributed by atoms with Crippen LogP contribution in [0.4, 0.5) is 4.79 Å². The zero-order valence-electron chi connectivity index (χ0n) is 16.6. The van der Waals surface area contributed by atoms with Crippen molar-refractivity contribution in [2.75, 3.05) is 20.2 Å². The third-order valence-electron chi connectivity index (χ3n) is 5.46. The Hall–Kier alpha value is -3.35. The number of amides is 2. The average molecular weight is 396 g/mol. The summed E-state index contributed by atoms with van der Waals surface area (Å²) in [5, 5.41) is 11.6. The molecule has 0 atom stereocenters. The molecule has 0 radical (unpaired) electrons. The van der Waals surface area contributed by atoms with Crippen LogP contribution in [0.2, 0.25) is 0 Å². The van der Waals surface area contributed by atoms with Crippen LogP contribution in [0, 0.1) is 0 Å². The highest BCUT2D eigenvalue weighted by molar-refractivity contribution is 5.88. The van der Waals surface area contributed by atoms with E-state index in [9.17, 15) is 19.5 Å². The first kappa shape index (κ1) is 20.4. The molecule has 2 aromatic rings. The van der Waals surface area contributed by atoms with Gasteiger partial charge >= 0.3 is 12.1 Å². The second kappa shape index (κ2) is 7.95. The monoisotopic (exact) mass is 396 g/mol. The zero-order valence-corrected chi connectivity index (χ0v) is 16.6. The van der Waals surface area contributed by atoms with Crippen LogP contribution >= 0.6 is 0 Å². The van der Waals surface area contributed by atoms with E-state index < -0.39 is 23.5 Å². The van der Waals surface area contributed by atoms with Gasteiger partial charge in [-0.2, -0.15) is 0 Å². The molecule has 2 aromatic carbocycles. The smallest absolute Gasteiger partial charge is 0.407 e. The second-order valence-corrected chi connectivity index (χ2v) is 7.50. The van der Waals surface area contributed by atoms with Crippen LogP contribution in [-0.2, 0) is 14.3 Å². The lowest BCUT2D eigenvalue weighted by molar-refractivity contribution is -0.154. The minimum atomic E-state index is -1.38. The normalized spacial score (nSPS) is 12.7. The third kappa shape index (κ3) is 3.94. The first-order chi connectivity index (χ1) is 13.7. The zero-order chi connectivity index (χ0) is 21.2. The van der Waals surface area contributed by atoms with E-state index in [0.29, 0.717) is 0 Å². The molecule has 0 heterocycles. The summed E-state index contributed by atoms with van der Waals surface area (Å²) in [5.41, 5.74) is 3.08. The third-order valence-corrected chi connectivity index (χ3v) is 5.46. The molecule has 7 nitrogen and oxygen atoms in total. The Balaban J connectivity index is 1.59. The van der Waals surface area contributed by atoms with Crippen molar-refractivity contribution in [1.29, 1.82) is 0 Å². The fourth-order valence-electron chi connectivity index (χ4n) is 3.37. The summed E-state index contributed by atoms with van der Waals surface area (Å²) in [5.74, 6) is -1.72. The first-order valence-corrected chi connectivity index (χ1v) is 9.32. The number of fused-ring (bicyclic) bond motifs is 3. The molecule has 0 bridgehead atoms. The number of hydrogen-bond donors (Lipinski definition) is 2. The predicted molar refractivity (Wildman–Crippen MR) is 108 cm³/mol. The molecule has 0 saturated heterocycles. The van der Waals surface area contributed by atoms with E-state index in [4.69, 9.17) is 4.74 Å². The molecule has 0 fully saturated rings. The van der Waals surface area contributed by atoms with Crippen LogP contribution in [0.3, 0.4) is 0 Å². The van der Waals surface area contributed by atoms with Crippen LogP contribution in [-0.4, -0.2) is 53.7 Å². The summed E-state index contributed by atoms with van der Waals surface area (Å²) < 4.78 is 5.37. The van der Waals surface area contributed by atoms with Gasteiger partial charge in [0.2, 0.25) is 5.91 Å². The summed E-state index contributed by atoms with van der Waals surface area (Å²) >= 11 is 0. The number of carbonyl (C=O) groups is 3. The highest BCUT2D eigenvalue weighted by Crippen LogP contribution is 2.44. The molecular formula is C22H24N2O5. The molecule has 0 aromatic heterocycles. The predicted octanol–water partition coefficient (Wildman–Crippen LogP) is 2.85. The van der Waals surface area contributed by atoms with Gasteiger partial charge in [-0.15, -0.1) is 0 Å². The van der Waals surface area contributed by atoms with Crippen molar-refractivity contribution < 1.29 is 24.2 Å². The largest absolute Gasteiger partial charge is 0.480 e. The van der Waals surface area contributed by atoms with Gasteiger partial charge < -0.3 is 20.1 Å². The number of carbonyl (C=O) groups excluding carboxylic acids is 2. The van der Waals surface area contributed by atoms with Gasteiger partial charge in [0.25, 0.3) is 0 Å². The number of nitrogens with one attached hydrogen (secondary N) is 1. The summed E-state index contributed by atoms with van der Waals surface area (Å²) in [4.78, 5) is 36.6. The Bertz CT molecular complexity index is 908. The number of ether oxygens (including phenoxy) is 1. The van der Waals surface area contributed by atoms with Crippen LogP contribution in [0.25, 0.3) is 11.1 Å². The molecule has 0 saturated carbocycles. The number of likely N-dealkylation sites (N-methyl/N-ethyl adjacent to an activating group) is 1. The van der Waals surface area contributed by atoms with Crippen molar-refractivity contribution in [3.05, 3.63) is 59.7 Å². The lowest BCUT2D eigenvalue weighted by Gasteiger charge is -2.31. The number of carboxylic acid groups (broad SMARTS) is 1. The average Bonchev–Trinajstić information content (AvgIpc) is 3.03. The minimum Gasteiger partial charge on any atom is -0.480 e. The Morgan fingerprint density at radius 3 is 2.07 bits per heavy atom. The van der Waals surface area contributed by atoms with Crippen LogP contribution < -0.4 is 5.32 Å². The maximum atomic E-state index is 12.2. The number of rotatable bonds is 6. The highest BCUT2D eigenvalue weighted by Gasteiger charge is 2.35. The van der Waals surface area contributed by atoms with Crippen LogP contribution in [0.15, 0.2) is 48.5 Å². The lowest BCUT2D eigenvalue weighted by atomic mass is 9.98. The molecule has 152 valence electrons. The van der Waals surface area contributed by atoms with Gasteiger partial charge in [0.05, 0.1) is 0 Å². The Kier molecular flexibility index (Phi) is 5.59. The maximum absolute atomic E-state index is 12.2. The fourth-order valence-corrected chi connectivity index (χ4v) is 3.37. The van der Waals surface area contributed by atoms with E-state index >= 15 is 0 Å². The van der Waals surface area contributed by atoms with E-state index in [2.05, 4.69) is 5.32 Å². The molecule has 1 aliphatic carbocycles. The molecular weight excluding hydrogens is 372 g/mol. The van der Waals surface area contributed by atoms with Crippen molar-refractivity contribution in [3.63, 3.8) is 0 Å². The molecule has 2 amide bonds. The van der Waals surface area contributed by atoms with Gasteiger partial charge in [0.1, 0.15) is 18.7 Å². The number of alkyl carbamates (subject to hydrolysis) is 1. The number of nitrogens with zero attached hydrogens (tertiary/aromatic N) is 1. The molecule has 3 rings (SSSR count). The number of benzene rings is 2. The Labute approximate surface area is 169 Å². The van der Waals surface area contributed by atoms with Crippen molar-refractivity contribution in [2.24, 2.45) is 0 Å². The Morgan fingerprint density at radius 1 is 1.03 bits per heavy atom. The van der Waals surface area contributed by atoms with Gasteiger partial charge in [-0.3, -0.25) is 4.79 Å². The van der Waals surface area contributed by atoms with Gasteiger partial charge in [-0.25, -0.2) is 9.59 Å². The van der Waals surface area contributed by atoms with Crippen LogP contribution in [0.5, 0.6) is 0 Å². The SMILES string of the molecule is CN(C(=O)CNC(=O)OCC1c2ccccc2-c2ccccc21)C(C)(C)C(=O)O. The first-order valence-electron chi connectivity index (χ1n) is 9.32. The van der Waals surface area contributed by atoms with E-state index in [1.54, 1.807) is 0 Å². The summed E-state index contributed by atoms with van der Waals surface area (Å²) in [6, 6.07) is 16.0. The molecule has 0 unspecified atom stereocenters. The molecule has 29 heavy (non-hydrogen) atoms. The summed E-state index contributed by atoms with van der Waals surface area (Å²) in [6.45, 7) is 2.63. The molecule has 2 N–H and O–H groups in total. The van der Waals surface area contributed by atoms with Crippen LogP contribution in [0.1, 0.15) is 30.9 Å². The second-order valence-electron chi connectivity index (χ2n) is 7.50. The quantitative estimate of drug-likeness (QED) is 0.783. The molecule has 1 aliphatic rings. The van der Waals surface area contributed by atoms with E-state index in [-0.39, 0.29) is 19.1 Å². The van der Waals surface area contributed by atoms with Crippen molar-refractivity contribution in [2.45, 2.75) is 25.3 Å². The molecule has 0 spiro atoms.